The smallest absolute Gasteiger partial charge is 0.257 e. The minimum absolute atomic E-state index is 0.0287. The van der Waals surface area contributed by atoms with Crippen LogP contribution in [0.15, 0.2) is 35.4 Å². The molecule has 0 bridgehead atoms. The number of hydrogen-bond donors (Lipinski definition) is 0. The van der Waals surface area contributed by atoms with Crippen LogP contribution in [0.3, 0.4) is 0 Å². The molecule has 3 rings (SSSR count). The van der Waals surface area contributed by atoms with E-state index < -0.39 is 0 Å². The number of carbonyl (C=O) groups is 1. The lowest BCUT2D eigenvalue weighted by Crippen LogP contribution is -2.44. The van der Waals surface area contributed by atoms with E-state index in [1.54, 1.807) is 23.4 Å². The van der Waals surface area contributed by atoms with E-state index in [-0.39, 0.29) is 12.0 Å². The fourth-order valence-corrected chi connectivity index (χ4v) is 2.65. The van der Waals surface area contributed by atoms with Gasteiger partial charge in [-0.2, -0.15) is 0 Å². The maximum absolute atomic E-state index is 12.4. The molecule has 1 amide bonds. The number of carbonyl (C=O) groups excluding carboxylic acids is 1. The van der Waals surface area contributed by atoms with E-state index in [9.17, 15) is 4.79 Å². The second kappa shape index (κ2) is 6.68. The molecule has 1 aliphatic heterocycles. The van der Waals surface area contributed by atoms with Gasteiger partial charge < -0.3 is 19.0 Å². The molecule has 0 N–H and O–H groups in total. The molecule has 0 aliphatic carbocycles. The molecule has 0 radical (unpaired) electrons. The molecule has 0 saturated carbocycles. The Kier molecular flexibility index (Phi) is 4.45. The van der Waals surface area contributed by atoms with Gasteiger partial charge in [-0.1, -0.05) is 0 Å². The number of piperidine rings is 1. The predicted octanol–water partition coefficient (Wildman–Crippen LogP) is 1.82. The van der Waals surface area contributed by atoms with Crippen LogP contribution in [-0.2, 0) is 0 Å². The monoisotopic (exact) mass is 316 g/mol. The Hall–Kier alpha value is -2.57. The van der Waals surface area contributed by atoms with Crippen molar-refractivity contribution in [1.29, 1.82) is 0 Å². The van der Waals surface area contributed by atoms with Gasteiger partial charge in [-0.25, -0.2) is 9.97 Å². The fourth-order valence-electron chi connectivity index (χ4n) is 2.65. The molecule has 1 atom stereocenters. The first-order chi connectivity index (χ1) is 11.1. The Morgan fingerprint density at radius 3 is 2.96 bits per heavy atom. The Balaban J connectivity index is 1.69. The van der Waals surface area contributed by atoms with Gasteiger partial charge in [-0.05, 0) is 18.9 Å². The second-order valence-corrected chi connectivity index (χ2v) is 5.72. The fraction of sp³-hybridized carbons (Fsp3) is 0.438. The highest BCUT2D eigenvalue weighted by Crippen LogP contribution is 2.24. The maximum atomic E-state index is 12.4. The van der Waals surface area contributed by atoms with Crippen molar-refractivity contribution in [3.63, 3.8) is 0 Å². The van der Waals surface area contributed by atoms with Gasteiger partial charge in [0.1, 0.15) is 12.4 Å². The zero-order chi connectivity index (χ0) is 16.2. The summed E-state index contributed by atoms with van der Waals surface area (Å²) in [6.45, 7) is 1.26. The molecule has 1 saturated heterocycles. The number of likely N-dealkylation sites (tertiary alicyclic amines) is 1. The van der Waals surface area contributed by atoms with Crippen molar-refractivity contribution in [2.75, 3.05) is 32.1 Å². The van der Waals surface area contributed by atoms with Crippen LogP contribution in [0.5, 0.6) is 5.88 Å². The highest BCUT2D eigenvalue weighted by Gasteiger charge is 2.27. The van der Waals surface area contributed by atoms with Crippen molar-refractivity contribution in [3.05, 3.63) is 36.5 Å². The van der Waals surface area contributed by atoms with Crippen LogP contribution in [0.2, 0.25) is 0 Å². The number of aromatic nitrogens is 2. The van der Waals surface area contributed by atoms with Crippen LogP contribution < -0.4 is 9.64 Å². The molecule has 2 aromatic heterocycles. The number of anilines is 1. The summed E-state index contributed by atoms with van der Waals surface area (Å²) in [7, 11) is 3.79. The van der Waals surface area contributed by atoms with E-state index in [1.165, 1.54) is 12.5 Å². The lowest BCUT2D eigenvalue weighted by atomic mass is 10.1. The van der Waals surface area contributed by atoms with Gasteiger partial charge in [-0.15, -0.1) is 0 Å². The molecule has 23 heavy (non-hydrogen) atoms. The number of hydrogen-bond acceptors (Lipinski definition) is 6. The van der Waals surface area contributed by atoms with E-state index in [4.69, 9.17) is 9.15 Å². The molecule has 7 heteroatoms. The quantitative estimate of drug-likeness (QED) is 0.857. The van der Waals surface area contributed by atoms with Crippen molar-refractivity contribution < 1.29 is 13.9 Å². The Labute approximate surface area is 134 Å². The van der Waals surface area contributed by atoms with Crippen LogP contribution in [0.1, 0.15) is 23.2 Å². The summed E-state index contributed by atoms with van der Waals surface area (Å²) in [5.74, 6) is 1.16. The zero-order valence-electron chi connectivity index (χ0n) is 13.3. The lowest BCUT2D eigenvalue weighted by Gasteiger charge is -2.32. The maximum Gasteiger partial charge on any atom is 0.257 e. The van der Waals surface area contributed by atoms with Crippen LogP contribution in [-0.4, -0.2) is 54.1 Å². The highest BCUT2D eigenvalue weighted by molar-refractivity contribution is 5.93. The van der Waals surface area contributed by atoms with Gasteiger partial charge in [-0.3, -0.25) is 4.79 Å². The van der Waals surface area contributed by atoms with E-state index in [1.807, 2.05) is 19.0 Å². The summed E-state index contributed by atoms with van der Waals surface area (Å²) in [4.78, 5) is 24.6. The lowest BCUT2D eigenvalue weighted by molar-refractivity contribution is 0.0527. The molecule has 0 spiro atoms. The van der Waals surface area contributed by atoms with Gasteiger partial charge in [0.25, 0.3) is 11.8 Å². The molecule has 2 aromatic rings. The highest BCUT2D eigenvalue weighted by atomic mass is 16.5. The van der Waals surface area contributed by atoms with E-state index in [0.29, 0.717) is 23.8 Å². The minimum Gasteiger partial charge on any atom is -0.472 e. The Morgan fingerprint density at radius 2 is 2.22 bits per heavy atom. The van der Waals surface area contributed by atoms with Gasteiger partial charge in [0.05, 0.1) is 18.4 Å². The standard InChI is InChI=1S/C16H20N4O3/c1-19(2)14-15(18-7-6-17-14)23-13-4-3-8-20(10-13)16(21)12-5-9-22-11-12/h5-7,9,11,13H,3-4,8,10H2,1-2H3/t13-/m1/s1. The third-order valence-electron chi connectivity index (χ3n) is 3.78. The first kappa shape index (κ1) is 15.3. The van der Waals surface area contributed by atoms with Crippen LogP contribution in [0.25, 0.3) is 0 Å². The average molecular weight is 316 g/mol. The molecule has 0 unspecified atom stereocenters. The molecule has 3 heterocycles. The van der Waals surface area contributed by atoms with Crippen LogP contribution in [0.4, 0.5) is 5.82 Å². The molecule has 1 aliphatic rings. The molecular weight excluding hydrogens is 296 g/mol. The van der Waals surface area contributed by atoms with E-state index >= 15 is 0 Å². The van der Waals surface area contributed by atoms with Gasteiger partial charge in [0.15, 0.2) is 5.82 Å². The van der Waals surface area contributed by atoms with Crippen molar-refractivity contribution in [2.24, 2.45) is 0 Å². The van der Waals surface area contributed by atoms with Crippen molar-refractivity contribution in [1.82, 2.24) is 14.9 Å². The number of amides is 1. The first-order valence-corrected chi connectivity index (χ1v) is 7.61. The molecular formula is C16H20N4O3. The summed E-state index contributed by atoms with van der Waals surface area (Å²) in [6.07, 6.45) is 7.92. The van der Waals surface area contributed by atoms with Gasteiger partial charge in [0, 0.05) is 33.0 Å². The third-order valence-corrected chi connectivity index (χ3v) is 3.78. The normalized spacial score (nSPS) is 17.8. The van der Waals surface area contributed by atoms with Crippen LogP contribution in [0, 0.1) is 0 Å². The summed E-state index contributed by atoms with van der Waals surface area (Å²) in [5.41, 5.74) is 0.569. The summed E-state index contributed by atoms with van der Waals surface area (Å²) in [6, 6.07) is 1.68. The molecule has 122 valence electrons. The van der Waals surface area contributed by atoms with Crippen LogP contribution >= 0.6 is 0 Å². The first-order valence-electron chi connectivity index (χ1n) is 7.61. The summed E-state index contributed by atoms with van der Waals surface area (Å²) in [5, 5.41) is 0. The number of furan rings is 1. The largest absolute Gasteiger partial charge is 0.472 e. The van der Waals surface area contributed by atoms with Crippen molar-refractivity contribution in [2.45, 2.75) is 18.9 Å². The number of rotatable bonds is 4. The summed E-state index contributed by atoms with van der Waals surface area (Å²) < 4.78 is 11.0. The van der Waals surface area contributed by atoms with E-state index in [0.717, 1.165) is 19.4 Å². The van der Waals surface area contributed by atoms with Gasteiger partial charge in [0.2, 0.25) is 0 Å². The average Bonchev–Trinajstić information content (AvgIpc) is 3.09. The predicted molar refractivity (Wildman–Crippen MR) is 84.6 cm³/mol. The molecule has 0 aromatic carbocycles. The minimum atomic E-state index is -0.0880. The third kappa shape index (κ3) is 3.44. The van der Waals surface area contributed by atoms with E-state index in [2.05, 4.69) is 9.97 Å². The summed E-state index contributed by atoms with van der Waals surface area (Å²) >= 11 is 0. The second-order valence-electron chi connectivity index (χ2n) is 5.72. The Bertz CT molecular complexity index is 657. The molecule has 7 nitrogen and oxygen atoms in total. The number of nitrogens with zero attached hydrogens (tertiary/aromatic N) is 4. The van der Waals surface area contributed by atoms with Gasteiger partial charge >= 0.3 is 0 Å². The zero-order valence-corrected chi connectivity index (χ0v) is 13.3. The topological polar surface area (TPSA) is 71.7 Å². The van der Waals surface area contributed by atoms with Crippen molar-refractivity contribution >= 4 is 11.7 Å². The Morgan fingerprint density at radius 1 is 1.39 bits per heavy atom. The molecule has 1 fully saturated rings. The number of ether oxygens (including phenoxy) is 1. The SMILES string of the molecule is CN(C)c1nccnc1O[C@@H]1CCCN(C(=O)c2ccoc2)C1. The van der Waals surface area contributed by atoms with Crippen molar-refractivity contribution in [3.8, 4) is 5.88 Å².